The van der Waals surface area contributed by atoms with Gasteiger partial charge in [-0.1, -0.05) is 73.2 Å². The van der Waals surface area contributed by atoms with Crippen LogP contribution in [0, 0.1) is 0 Å². The van der Waals surface area contributed by atoms with E-state index in [9.17, 15) is 9.59 Å². The lowest BCUT2D eigenvalue weighted by Crippen LogP contribution is -2.36. The number of nitrogens with zero attached hydrogens (tertiary/aromatic N) is 1. The molecule has 0 saturated carbocycles. The minimum Gasteiger partial charge on any atom is -0.372 e. The largest absolute Gasteiger partial charge is 0.372 e. The normalized spacial score (nSPS) is 19.6. The first kappa shape index (κ1) is 36.9. The van der Waals surface area contributed by atoms with Gasteiger partial charge in [0.15, 0.2) is 0 Å². The maximum atomic E-state index is 12.7. The van der Waals surface area contributed by atoms with E-state index in [1.54, 1.807) is 0 Å². The number of para-hydroxylation sites is 2. The highest BCUT2D eigenvalue weighted by atomic mass is 32.2. The van der Waals surface area contributed by atoms with Gasteiger partial charge in [-0.15, -0.1) is 23.5 Å². The first-order chi connectivity index (χ1) is 24.5. The number of fused-ring (bicyclic) bond motifs is 3. The molecule has 2 saturated heterocycles. The highest BCUT2D eigenvalue weighted by Crippen LogP contribution is 2.50. The molecule has 0 aromatic heterocycles. The molecular formula is C39H49N4O3S4+. The lowest BCUT2D eigenvalue weighted by Gasteiger charge is -2.35. The number of anilines is 2. The second-order valence-corrected chi connectivity index (χ2v) is 18.2. The summed E-state index contributed by atoms with van der Waals surface area (Å²) in [5.74, 6) is 8.24. The van der Waals surface area contributed by atoms with Gasteiger partial charge in [-0.05, 0) is 55.0 Å². The maximum absolute atomic E-state index is 12.7. The number of amides is 3. The van der Waals surface area contributed by atoms with Crippen molar-refractivity contribution >= 4 is 80.8 Å². The van der Waals surface area contributed by atoms with Crippen molar-refractivity contribution in [3.63, 3.8) is 0 Å². The monoisotopic (exact) mass is 749 g/mol. The number of carbonyl (C=O) groups is 2. The third-order valence-electron chi connectivity index (χ3n) is 9.29. The fourth-order valence-corrected chi connectivity index (χ4v) is 11.7. The Kier molecular flexibility index (Phi) is 13.7. The van der Waals surface area contributed by atoms with Gasteiger partial charge in [0.1, 0.15) is 7.11 Å². The van der Waals surface area contributed by atoms with Crippen LogP contribution in [0.5, 0.6) is 0 Å². The third kappa shape index (κ3) is 9.53. The summed E-state index contributed by atoms with van der Waals surface area (Å²) in [6.07, 6.45) is 5.44. The molecule has 2 fully saturated rings. The molecule has 6 rings (SSSR count). The van der Waals surface area contributed by atoms with Crippen LogP contribution in [0.2, 0.25) is 0 Å². The number of hydrogen-bond acceptors (Lipinski definition) is 6. The van der Waals surface area contributed by atoms with Crippen LogP contribution in [0.4, 0.5) is 16.2 Å². The molecular weight excluding hydrogens is 701 g/mol. The van der Waals surface area contributed by atoms with Gasteiger partial charge in [-0.3, -0.25) is 4.79 Å². The predicted molar refractivity (Wildman–Crippen MR) is 220 cm³/mol. The Morgan fingerprint density at radius 2 is 1.62 bits per heavy atom. The van der Waals surface area contributed by atoms with Crippen molar-refractivity contribution in [1.82, 2.24) is 16.0 Å². The molecule has 4 N–H and O–H groups in total. The van der Waals surface area contributed by atoms with Crippen molar-refractivity contribution in [3.8, 4) is 0 Å². The summed E-state index contributed by atoms with van der Waals surface area (Å²) in [4.78, 5) is 26.8. The first-order valence-electron chi connectivity index (χ1n) is 17.6. The van der Waals surface area contributed by atoms with Crippen molar-refractivity contribution in [2.75, 3.05) is 41.6 Å². The van der Waals surface area contributed by atoms with E-state index >= 15 is 0 Å². The molecule has 3 amide bonds. The van der Waals surface area contributed by atoms with E-state index in [2.05, 4.69) is 110 Å². The van der Waals surface area contributed by atoms with Crippen LogP contribution >= 0.6 is 46.1 Å². The summed E-state index contributed by atoms with van der Waals surface area (Å²) >= 11 is 5.80. The van der Waals surface area contributed by atoms with Crippen LogP contribution in [0.1, 0.15) is 55.2 Å². The number of rotatable bonds is 18. The van der Waals surface area contributed by atoms with Gasteiger partial charge in [0.25, 0.3) is 0 Å². The number of urea groups is 1. The van der Waals surface area contributed by atoms with Crippen LogP contribution in [0.3, 0.4) is 0 Å². The SMILES string of the molecule is C=S(CCCSC(SCCCNC(=O)CCCCC1SC[C@H]2NC(=O)N[C@@H]12)=C1c2ccccc2N(Cc2ccccc2)c2ccccc21)[OH+]C. The number of aliphatic hydroxyl groups is 1. The zero-order valence-electron chi connectivity index (χ0n) is 28.8. The Morgan fingerprint density at radius 3 is 2.34 bits per heavy atom. The zero-order chi connectivity index (χ0) is 34.7. The molecule has 2 unspecified atom stereocenters. The number of carbonyl (C=O) groups excluding carboxylic acids is 2. The summed E-state index contributed by atoms with van der Waals surface area (Å²) in [5.41, 5.74) is 7.59. The second-order valence-electron chi connectivity index (χ2n) is 12.7. The summed E-state index contributed by atoms with van der Waals surface area (Å²) in [7, 11) is 1.72. The third-order valence-corrected chi connectivity index (χ3v) is 14.7. The number of unbranched alkanes of at least 4 members (excludes halogenated alkanes) is 1. The van der Waals surface area contributed by atoms with Gasteiger partial charge >= 0.3 is 6.03 Å². The Hall–Kier alpha value is -2.83. The number of benzene rings is 3. The topological polar surface area (TPSA) is 86.3 Å². The highest BCUT2D eigenvalue weighted by Gasteiger charge is 2.42. The number of thioether (sulfide) groups is 3. The Bertz CT molecular complexity index is 1620. The molecule has 266 valence electrons. The highest BCUT2D eigenvalue weighted by molar-refractivity contribution is 8.22. The zero-order valence-corrected chi connectivity index (χ0v) is 32.0. The van der Waals surface area contributed by atoms with Crippen molar-refractivity contribution < 1.29 is 13.8 Å². The van der Waals surface area contributed by atoms with Gasteiger partial charge in [0.2, 0.25) is 5.91 Å². The maximum Gasteiger partial charge on any atom is 0.315 e. The Labute approximate surface area is 312 Å². The summed E-state index contributed by atoms with van der Waals surface area (Å²) < 4.78 is 5.71. The van der Waals surface area contributed by atoms with Gasteiger partial charge in [0, 0.05) is 68.6 Å². The molecule has 11 heteroatoms. The van der Waals surface area contributed by atoms with Gasteiger partial charge in [0.05, 0.1) is 28.6 Å². The van der Waals surface area contributed by atoms with Crippen molar-refractivity contribution in [1.29, 1.82) is 0 Å². The Balaban J connectivity index is 1.08. The molecule has 0 aliphatic carbocycles. The number of hydrogen-bond donors (Lipinski definition) is 3. The quantitative estimate of drug-likeness (QED) is 0.0531. The molecule has 3 aromatic rings. The fraction of sp³-hybridized carbons (Fsp3) is 0.410. The first-order valence-corrected chi connectivity index (χ1v) is 22.1. The van der Waals surface area contributed by atoms with Crippen LogP contribution in [-0.4, -0.2) is 76.0 Å². The van der Waals surface area contributed by atoms with Gasteiger partial charge < -0.3 is 25.0 Å². The smallest absolute Gasteiger partial charge is 0.315 e. The van der Waals surface area contributed by atoms with E-state index in [0.29, 0.717) is 18.2 Å². The van der Waals surface area contributed by atoms with E-state index in [4.69, 9.17) is 0 Å². The molecule has 50 heavy (non-hydrogen) atoms. The van der Waals surface area contributed by atoms with Crippen molar-refractivity contribution in [2.24, 2.45) is 0 Å². The predicted octanol–water partition coefficient (Wildman–Crippen LogP) is 7.92. The van der Waals surface area contributed by atoms with E-state index in [1.807, 2.05) is 42.4 Å². The molecule has 3 aliphatic rings. The summed E-state index contributed by atoms with van der Waals surface area (Å²) in [5, 5.41) is 9.67. The van der Waals surface area contributed by atoms with Crippen LogP contribution in [0.15, 0.2) is 83.1 Å². The van der Waals surface area contributed by atoms with E-state index in [0.717, 1.165) is 61.7 Å². The van der Waals surface area contributed by atoms with Crippen LogP contribution < -0.4 is 20.9 Å². The molecule has 0 bridgehead atoms. The minimum absolute atomic E-state index is 0.0422. The fourth-order valence-electron chi connectivity index (χ4n) is 6.77. The van der Waals surface area contributed by atoms with Crippen molar-refractivity contribution in [2.45, 2.75) is 62.4 Å². The van der Waals surface area contributed by atoms with Crippen LogP contribution in [0.25, 0.3) is 5.57 Å². The standard InChI is InChI=1S/C39H48N4O3S4/c1-46-50(2)25-13-24-48-38(47-23-12-22-40-35(44)21-11-10-20-34-37-31(27-49-34)41-39(45)42-37)36-29-16-6-8-18-32(29)43(26-28-14-4-3-5-15-28)33-19-9-7-17-30(33)36/h3-9,14-19,31,34,37H,2,10-13,20-27H2,1H3,(H,40,44)(H2,41,42,45)/p+1/t31-,34?,37-,50?/m1/s1. The average Bonchev–Trinajstić information content (AvgIpc) is 3.70. The minimum atomic E-state index is -0.139. The summed E-state index contributed by atoms with van der Waals surface area (Å²) in [6.45, 7) is 1.49. The molecule has 3 aromatic carbocycles. The number of nitrogens with one attached hydrogen (secondary N) is 3. The molecule has 7 nitrogen and oxygen atoms in total. The van der Waals surface area contributed by atoms with Crippen LogP contribution in [-0.2, 0) is 11.3 Å². The van der Waals surface area contributed by atoms with Crippen molar-refractivity contribution in [3.05, 3.63) is 99.8 Å². The molecule has 0 radical (unpaired) electrons. The lowest BCUT2D eigenvalue weighted by molar-refractivity contribution is -0.121. The second kappa shape index (κ2) is 18.6. The summed E-state index contributed by atoms with van der Waals surface area (Å²) in [6, 6.07) is 28.8. The molecule has 0 spiro atoms. The van der Waals surface area contributed by atoms with Gasteiger partial charge in [-0.25, -0.2) is 4.79 Å². The van der Waals surface area contributed by atoms with E-state index < -0.39 is 0 Å². The van der Waals surface area contributed by atoms with E-state index in [1.165, 1.54) is 37.9 Å². The molecule has 3 aliphatic heterocycles. The molecule has 4 atom stereocenters. The van der Waals surface area contributed by atoms with Gasteiger partial charge in [-0.2, -0.15) is 11.8 Å². The van der Waals surface area contributed by atoms with E-state index in [-0.39, 0.29) is 34.8 Å². The molecule has 3 heterocycles. The lowest BCUT2D eigenvalue weighted by atomic mass is 9.91. The average molecular weight is 750 g/mol. The Morgan fingerprint density at radius 1 is 0.940 bits per heavy atom.